The van der Waals surface area contributed by atoms with Gasteiger partial charge in [-0.25, -0.2) is 4.39 Å². The van der Waals surface area contributed by atoms with E-state index >= 15 is 4.39 Å². The Labute approximate surface area is 282 Å². The SMILES string of the molecule is O=C1COc2cccc(c2)-c2ccc(F)c(c2)C(=O)N[C@H]2CN(C(=O)Cc3ccc(NC(=O)C4CC4)cc3)C[C@@H]2Oc2ccc(cc2)CN1. The predicted molar refractivity (Wildman–Crippen MR) is 179 cm³/mol. The van der Waals surface area contributed by atoms with Crippen LogP contribution < -0.4 is 25.4 Å². The minimum atomic E-state index is -0.691. The van der Waals surface area contributed by atoms with Gasteiger partial charge < -0.3 is 30.3 Å². The van der Waals surface area contributed by atoms with Crippen LogP contribution >= 0.6 is 0 Å². The molecule has 0 spiro atoms. The molecular weight excluding hydrogens is 627 g/mol. The van der Waals surface area contributed by atoms with Gasteiger partial charge >= 0.3 is 0 Å². The van der Waals surface area contributed by atoms with Crippen molar-refractivity contribution in [2.75, 3.05) is 25.0 Å². The Balaban J connectivity index is 1.12. The second-order valence-corrected chi connectivity index (χ2v) is 12.6. The topological polar surface area (TPSA) is 126 Å². The predicted octanol–water partition coefficient (Wildman–Crippen LogP) is 4.48. The van der Waals surface area contributed by atoms with E-state index in [1.807, 2.05) is 24.3 Å². The minimum absolute atomic E-state index is 0.0152. The average molecular weight is 663 g/mol. The maximum atomic E-state index is 15.1. The Morgan fingerprint density at radius 2 is 1.65 bits per heavy atom. The Morgan fingerprint density at radius 3 is 2.43 bits per heavy atom. The van der Waals surface area contributed by atoms with Gasteiger partial charge in [-0.1, -0.05) is 42.5 Å². The van der Waals surface area contributed by atoms with Crippen molar-refractivity contribution in [1.29, 1.82) is 0 Å². The van der Waals surface area contributed by atoms with Gasteiger partial charge in [0.1, 0.15) is 23.4 Å². The third kappa shape index (κ3) is 7.72. The number of anilines is 1. The molecule has 49 heavy (non-hydrogen) atoms. The molecule has 4 aromatic rings. The minimum Gasteiger partial charge on any atom is -0.486 e. The average Bonchev–Trinajstić information content (AvgIpc) is 3.89. The van der Waals surface area contributed by atoms with E-state index in [4.69, 9.17) is 9.47 Å². The van der Waals surface area contributed by atoms with Gasteiger partial charge in [-0.05, 0) is 83.6 Å². The number of nitrogens with zero attached hydrogens (tertiary/aromatic N) is 1. The number of likely N-dealkylation sites (tertiary alicyclic amines) is 1. The summed E-state index contributed by atoms with van der Waals surface area (Å²) >= 11 is 0. The first-order valence-corrected chi connectivity index (χ1v) is 16.3. The van der Waals surface area contributed by atoms with Gasteiger partial charge in [0.2, 0.25) is 11.8 Å². The molecule has 250 valence electrons. The Morgan fingerprint density at radius 1 is 0.878 bits per heavy atom. The van der Waals surface area contributed by atoms with Gasteiger partial charge in [0.05, 0.1) is 24.6 Å². The van der Waals surface area contributed by atoms with Crippen LogP contribution in [0.15, 0.2) is 91.0 Å². The molecule has 11 heteroatoms. The normalized spacial score (nSPS) is 19.1. The summed E-state index contributed by atoms with van der Waals surface area (Å²) in [5.41, 5.74) is 3.42. The van der Waals surface area contributed by atoms with Gasteiger partial charge in [0.15, 0.2) is 6.61 Å². The van der Waals surface area contributed by atoms with E-state index in [1.54, 1.807) is 59.5 Å². The number of halogens is 1. The summed E-state index contributed by atoms with van der Waals surface area (Å²) in [6.45, 7) is 0.463. The lowest BCUT2D eigenvalue weighted by Crippen LogP contribution is -2.45. The Hall–Kier alpha value is -5.71. The molecule has 6 bridgehead atoms. The number of benzene rings is 4. The second kappa shape index (κ2) is 13.8. The fourth-order valence-electron chi connectivity index (χ4n) is 5.97. The van der Waals surface area contributed by atoms with Crippen LogP contribution in [-0.2, 0) is 27.3 Å². The Bertz CT molecular complexity index is 1890. The fraction of sp³-hybridized carbons (Fsp3) is 0.263. The molecule has 4 amide bonds. The van der Waals surface area contributed by atoms with E-state index in [1.165, 1.54) is 12.1 Å². The molecule has 1 saturated carbocycles. The molecule has 1 saturated heterocycles. The van der Waals surface area contributed by atoms with Crippen molar-refractivity contribution in [3.8, 4) is 22.6 Å². The van der Waals surface area contributed by atoms with Crippen LogP contribution in [0, 0.1) is 11.7 Å². The summed E-state index contributed by atoms with van der Waals surface area (Å²) in [5.74, 6) is -0.708. The molecular formula is C38H35FN4O6. The van der Waals surface area contributed by atoms with Crippen molar-refractivity contribution in [3.63, 3.8) is 0 Å². The highest BCUT2D eigenvalue weighted by atomic mass is 19.1. The highest BCUT2D eigenvalue weighted by Gasteiger charge is 2.38. The van der Waals surface area contributed by atoms with E-state index < -0.39 is 23.9 Å². The zero-order valence-electron chi connectivity index (χ0n) is 26.6. The summed E-state index contributed by atoms with van der Waals surface area (Å²) in [5, 5.41) is 8.68. The molecule has 3 heterocycles. The number of carbonyl (C=O) groups excluding carboxylic acids is 4. The van der Waals surface area contributed by atoms with Crippen LogP contribution in [0.5, 0.6) is 11.5 Å². The zero-order chi connectivity index (χ0) is 33.9. The van der Waals surface area contributed by atoms with Crippen LogP contribution in [0.25, 0.3) is 11.1 Å². The van der Waals surface area contributed by atoms with E-state index in [2.05, 4.69) is 16.0 Å². The zero-order valence-corrected chi connectivity index (χ0v) is 26.6. The van der Waals surface area contributed by atoms with Crippen LogP contribution in [0.1, 0.15) is 34.3 Å². The number of carbonyl (C=O) groups is 4. The molecule has 3 aliphatic heterocycles. The van der Waals surface area contributed by atoms with Gasteiger partial charge in [-0.15, -0.1) is 0 Å². The molecule has 0 aromatic heterocycles. The molecule has 3 N–H and O–H groups in total. The van der Waals surface area contributed by atoms with E-state index in [9.17, 15) is 19.2 Å². The van der Waals surface area contributed by atoms with Crippen LogP contribution in [0.2, 0.25) is 0 Å². The monoisotopic (exact) mass is 662 g/mol. The van der Waals surface area contributed by atoms with Crippen LogP contribution in [-0.4, -0.2) is 60.4 Å². The largest absolute Gasteiger partial charge is 0.486 e. The molecule has 4 aromatic carbocycles. The number of amides is 4. The molecule has 10 nitrogen and oxygen atoms in total. The van der Waals surface area contributed by atoms with Crippen molar-refractivity contribution in [3.05, 3.63) is 114 Å². The van der Waals surface area contributed by atoms with Gasteiger partial charge in [-0.2, -0.15) is 0 Å². The Kier molecular flexibility index (Phi) is 8.97. The van der Waals surface area contributed by atoms with Gasteiger partial charge in [0, 0.05) is 24.7 Å². The molecule has 8 rings (SSSR count). The maximum absolute atomic E-state index is 15.1. The number of hydrogen-bond donors (Lipinski definition) is 3. The van der Waals surface area contributed by atoms with Gasteiger partial charge in [-0.3, -0.25) is 19.2 Å². The lowest BCUT2D eigenvalue weighted by Gasteiger charge is -2.21. The van der Waals surface area contributed by atoms with Crippen molar-refractivity contribution in [1.82, 2.24) is 15.5 Å². The van der Waals surface area contributed by atoms with Gasteiger partial charge in [0.25, 0.3) is 11.8 Å². The third-order valence-corrected chi connectivity index (χ3v) is 8.91. The van der Waals surface area contributed by atoms with Crippen molar-refractivity contribution >= 4 is 29.3 Å². The first kappa shape index (κ1) is 31.9. The van der Waals surface area contributed by atoms with Crippen molar-refractivity contribution < 1.29 is 33.0 Å². The number of fused-ring (bicyclic) bond motifs is 7. The summed E-state index contributed by atoms with van der Waals surface area (Å²) in [6, 6.07) is 25.0. The molecule has 0 radical (unpaired) electrons. The van der Waals surface area contributed by atoms with Crippen molar-refractivity contribution in [2.45, 2.75) is 38.0 Å². The number of rotatable bonds is 4. The number of hydrogen-bond acceptors (Lipinski definition) is 6. The summed E-state index contributed by atoms with van der Waals surface area (Å²) in [6.07, 6.45) is 1.32. The molecule has 1 aliphatic carbocycles. The molecule has 0 unspecified atom stereocenters. The first-order chi connectivity index (χ1) is 23.8. The number of ether oxygens (including phenoxy) is 2. The van der Waals surface area contributed by atoms with E-state index in [-0.39, 0.29) is 55.3 Å². The summed E-state index contributed by atoms with van der Waals surface area (Å²) in [7, 11) is 0. The highest BCUT2D eigenvalue weighted by molar-refractivity contribution is 5.96. The van der Waals surface area contributed by atoms with Crippen LogP contribution in [0.4, 0.5) is 10.1 Å². The molecule has 2 atom stereocenters. The lowest BCUT2D eigenvalue weighted by molar-refractivity contribution is -0.129. The lowest BCUT2D eigenvalue weighted by atomic mass is 10.0. The smallest absolute Gasteiger partial charge is 0.258 e. The fourth-order valence-corrected chi connectivity index (χ4v) is 5.97. The first-order valence-electron chi connectivity index (χ1n) is 16.3. The third-order valence-electron chi connectivity index (χ3n) is 8.91. The standard InChI is InChI=1S/C38H35FN4O6/c39-32-15-10-27-18-31(32)38(47)42-33-20-43(36(45)16-23-4-11-28(12-5-23)41-37(46)25-8-9-25)21-34(33)49-29-13-6-24(7-14-29)19-40-35(44)22-48-30-3-1-2-26(27)17-30/h1-7,10-15,17-18,25,33-34H,8-9,16,19-22H2,(H,40,44)(H,41,46)(H,42,47)/t33-,34-/m0/s1. The quantitative estimate of drug-likeness (QED) is 0.296. The van der Waals surface area contributed by atoms with E-state index in [0.29, 0.717) is 34.9 Å². The molecule has 2 fully saturated rings. The number of nitrogens with one attached hydrogen (secondary N) is 3. The van der Waals surface area contributed by atoms with Crippen molar-refractivity contribution in [2.24, 2.45) is 5.92 Å². The summed E-state index contributed by atoms with van der Waals surface area (Å²) in [4.78, 5) is 53.4. The maximum Gasteiger partial charge on any atom is 0.258 e. The highest BCUT2D eigenvalue weighted by Crippen LogP contribution is 2.30. The summed E-state index contributed by atoms with van der Waals surface area (Å²) < 4.78 is 27.1. The van der Waals surface area contributed by atoms with E-state index in [0.717, 1.165) is 24.0 Å². The van der Waals surface area contributed by atoms with Crippen LogP contribution in [0.3, 0.4) is 0 Å². The molecule has 4 aliphatic rings. The second-order valence-electron chi connectivity index (χ2n) is 12.6.